The van der Waals surface area contributed by atoms with Gasteiger partial charge in [0.25, 0.3) is 5.91 Å². The van der Waals surface area contributed by atoms with E-state index in [4.69, 9.17) is 4.74 Å². The van der Waals surface area contributed by atoms with E-state index in [1.54, 1.807) is 31.1 Å². The van der Waals surface area contributed by atoms with E-state index in [0.29, 0.717) is 18.8 Å². The first-order valence-corrected chi connectivity index (χ1v) is 6.17. The number of aryl methyl sites for hydroxylation is 1. The molecular formula is C12H21ClN4O2. The molecule has 108 valence electrons. The normalized spacial score (nSPS) is 22.0. The standard InChI is InChI=1S/C12H20N4O2.ClH/c1-16-10(4-7-15-16)11(17)13-8-12(9-18-2)5-3-6-14-12;/h4,7,14H,3,5-6,8-9H2,1-2H3,(H,13,17);1H. The van der Waals surface area contributed by atoms with E-state index in [2.05, 4.69) is 15.7 Å². The highest BCUT2D eigenvalue weighted by molar-refractivity contribution is 5.92. The van der Waals surface area contributed by atoms with Crippen molar-refractivity contribution in [2.24, 2.45) is 7.05 Å². The predicted octanol–water partition coefficient (Wildman–Crippen LogP) is 0.340. The van der Waals surface area contributed by atoms with E-state index in [1.165, 1.54) is 0 Å². The van der Waals surface area contributed by atoms with Crippen molar-refractivity contribution >= 4 is 18.3 Å². The van der Waals surface area contributed by atoms with Gasteiger partial charge < -0.3 is 15.4 Å². The Hall–Kier alpha value is -1.11. The first-order chi connectivity index (χ1) is 8.67. The van der Waals surface area contributed by atoms with Crippen LogP contribution < -0.4 is 10.6 Å². The molecule has 2 heterocycles. The summed E-state index contributed by atoms with van der Waals surface area (Å²) in [6, 6.07) is 1.71. The molecule has 1 fully saturated rings. The molecule has 1 atom stereocenters. The van der Waals surface area contributed by atoms with Crippen LogP contribution >= 0.6 is 12.4 Å². The minimum absolute atomic E-state index is 0. The smallest absolute Gasteiger partial charge is 0.269 e. The molecule has 0 radical (unpaired) electrons. The van der Waals surface area contributed by atoms with E-state index in [1.807, 2.05) is 0 Å². The van der Waals surface area contributed by atoms with Crippen molar-refractivity contribution in [1.29, 1.82) is 0 Å². The molecule has 0 aliphatic carbocycles. The predicted molar refractivity (Wildman–Crippen MR) is 74.6 cm³/mol. The van der Waals surface area contributed by atoms with Crippen molar-refractivity contribution in [2.45, 2.75) is 18.4 Å². The largest absolute Gasteiger partial charge is 0.383 e. The third kappa shape index (κ3) is 3.68. The van der Waals surface area contributed by atoms with Gasteiger partial charge in [-0.05, 0) is 25.5 Å². The van der Waals surface area contributed by atoms with Crippen LogP contribution in [0, 0.1) is 0 Å². The van der Waals surface area contributed by atoms with Crippen molar-refractivity contribution in [3.63, 3.8) is 0 Å². The first-order valence-electron chi connectivity index (χ1n) is 6.17. The van der Waals surface area contributed by atoms with Gasteiger partial charge in [-0.3, -0.25) is 9.48 Å². The lowest BCUT2D eigenvalue weighted by atomic mass is 9.98. The van der Waals surface area contributed by atoms with E-state index in [-0.39, 0.29) is 23.9 Å². The van der Waals surface area contributed by atoms with Crippen molar-refractivity contribution < 1.29 is 9.53 Å². The number of amides is 1. The summed E-state index contributed by atoms with van der Waals surface area (Å²) in [5.74, 6) is -0.0980. The molecule has 2 rings (SSSR count). The average molecular weight is 289 g/mol. The average Bonchev–Trinajstić information content (AvgIpc) is 2.97. The van der Waals surface area contributed by atoms with Crippen molar-refractivity contribution in [3.05, 3.63) is 18.0 Å². The summed E-state index contributed by atoms with van der Waals surface area (Å²) in [5, 5.41) is 10.4. The van der Waals surface area contributed by atoms with Crippen molar-refractivity contribution in [3.8, 4) is 0 Å². The number of aromatic nitrogens is 2. The second kappa shape index (κ2) is 6.88. The van der Waals surface area contributed by atoms with Crippen LogP contribution in [0.25, 0.3) is 0 Å². The highest BCUT2D eigenvalue weighted by Gasteiger charge is 2.33. The molecule has 2 N–H and O–H groups in total. The topological polar surface area (TPSA) is 68.2 Å². The fourth-order valence-electron chi connectivity index (χ4n) is 2.41. The van der Waals surface area contributed by atoms with Gasteiger partial charge in [0.05, 0.1) is 12.1 Å². The maximum absolute atomic E-state index is 12.0. The van der Waals surface area contributed by atoms with Gasteiger partial charge in [-0.2, -0.15) is 5.10 Å². The molecule has 1 aromatic rings. The van der Waals surface area contributed by atoms with Gasteiger partial charge in [-0.25, -0.2) is 0 Å². The minimum Gasteiger partial charge on any atom is -0.383 e. The summed E-state index contributed by atoms with van der Waals surface area (Å²) in [5.41, 5.74) is 0.448. The second-order valence-corrected chi connectivity index (χ2v) is 4.77. The zero-order valence-electron chi connectivity index (χ0n) is 11.3. The Labute approximate surface area is 119 Å². The molecule has 6 nitrogen and oxygen atoms in total. The summed E-state index contributed by atoms with van der Waals surface area (Å²) in [6.45, 7) is 2.16. The Bertz CT molecular complexity index is 416. The molecule has 7 heteroatoms. The molecular weight excluding hydrogens is 268 g/mol. The molecule has 1 amide bonds. The molecule has 1 aliphatic rings. The lowest BCUT2D eigenvalue weighted by Crippen LogP contribution is -2.53. The molecule has 1 aromatic heterocycles. The van der Waals surface area contributed by atoms with E-state index in [0.717, 1.165) is 19.4 Å². The van der Waals surface area contributed by atoms with Crippen LogP contribution in [0.4, 0.5) is 0 Å². The van der Waals surface area contributed by atoms with Gasteiger partial charge in [0.15, 0.2) is 0 Å². The molecule has 0 spiro atoms. The molecule has 1 saturated heterocycles. The molecule has 0 bridgehead atoms. The molecule has 0 aromatic carbocycles. The first kappa shape index (κ1) is 15.9. The number of ether oxygens (including phenoxy) is 1. The number of rotatable bonds is 5. The summed E-state index contributed by atoms with van der Waals surface area (Å²) >= 11 is 0. The monoisotopic (exact) mass is 288 g/mol. The fraction of sp³-hybridized carbons (Fsp3) is 0.667. The number of nitrogens with zero attached hydrogens (tertiary/aromatic N) is 2. The Balaban J connectivity index is 0.00000180. The van der Waals surface area contributed by atoms with Gasteiger partial charge in [0, 0.05) is 26.9 Å². The molecule has 19 heavy (non-hydrogen) atoms. The maximum atomic E-state index is 12.0. The van der Waals surface area contributed by atoms with Crippen LogP contribution in [0.5, 0.6) is 0 Å². The summed E-state index contributed by atoms with van der Waals surface area (Å²) < 4.78 is 6.81. The second-order valence-electron chi connectivity index (χ2n) is 4.77. The zero-order valence-corrected chi connectivity index (χ0v) is 12.1. The Morgan fingerprint density at radius 2 is 2.47 bits per heavy atom. The SMILES string of the molecule is COCC1(CNC(=O)c2ccnn2C)CCCN1.Cl. The minimum atomic E-state index is -0.122. The van der Waals surface area contributed by atoms with Crippen LogP contribution in [-0.4, -0.2) is 48.0 Å². The third-order valence-electron chi connectivity index (χ3n) is 3.39. The van der Waals surface area contributed by atoms with Crippen LogP contribution in [0.2, 0.25) is 0 Å². The fourth-order valence-corrected chi connectivity index (χ4v) is 2.41. The lowest BCUT2D eigenvalue weighted by Gasteiger charge is -2.28. The highest BCUT2D eigenvalue weighted by Crippen LogP contribution is 2.18. The van der Waals surface area contributed by atoms with Crippen molar-refractivity contribution in [1.82, 2.24) is 20.4 Å². The summed E-state index contributed by atoms with van der Waals surface area (Å²) in [4.78, 5) is 12.0. The summed E-state index contributed by atoms with van der Waals surface area (Å²) in [6.07, 6.45) is 3.76. The van der Waals surface area contributed by atoms with E-state index >= 15 is 0 Å². The maximum Gasteiger partial charge on any atom is 0.269 e. The van der Waals surface area contributed by atoms with E-state index < -0.39 is 0 Å². The van der Waals surface area contributed by atoms with Crippen LogP contribution in [0.1, 0.15) is 23.3 Å². The number of carbonyl (C=O) groups excluding carboxylic acids is 1. The number of methoxy groups -OCH3 is 1. The van der Waals surface area contributed by atoms with Gasteiger partial charge in [-0.15, -0.1) is 12.4 Å². The summed E-state index contributed by atoms with van der Waals surface area (Å²) in [7, 11) is 3.44. The Morgan fingerprint density at radius 1 is 1.68 bits per heavy atom. The number of carbonyl (C=O) groups is 1. The van der Waals surface area contributed by atoms with Gasteiger partial charge in [0.2, 0.25) is 0 Å². The molecule has 0 saturated carbocycles. The van der Waals surface area contributed by atoms with Gasteiger partial charge in [0.1, 0.15) is 5.69 Å². The third-order valence-corrected chi connectivity index (χ3v) is 3.39. The molecule has 1 unspecified atom stereocenters. The number of nitrogens with one attached hydrogen (secondary N) is 2. The quantitative estimate of drug-likeness (QED) is 0.820. The highest BCUT2D eigenvalue weighted by atomic mass is 35.5. The van der Waals surface area contributed by atoms with Crippen molar-refractivity contribution in [2.75, 3.05) is 26.8 Å². The van der Waals surface area contributed by atoms with Crippen LogP contribution in [-0.2, 0) is 11.8 Å². The number of halogens is 1. The Morgan fingerprint density at radius 3 is 3.00 bits per heavy atom. The van der Waals surface area contributed by atoms with Gasteiger partial charge >= 0.3 is 0 Å². The zero-order chi connectivity index (χ0) is 13.0. The van der Waals surface area contributed by atoms with Crippen LogP contribution in [0.3, 0.4) is 0 Å². The molecule has 1 aliphatic heterocycles. The van der Waals surface area contributed by atoms with Gasteiger partial charge in [-0.1, -0.05) is 0 Å². The number of hydrogen-bond acceptors (Lipinski definition) is 4. The Kier molecular flexibility index (Phi) is 5.78. The lowest BCUT2D eigenvalue weighted by molar-refractivity contribution is 0.0883. The van der Waals surface area contributed by atoms with Crippen LogP contribution in [0.15, 0.2) is 12.3 Å². The number of hydrogen-bond donors (Lipinski definition) is 2. The van der Waals surface area contributed by atoms with E-state index in [9.17, 15) is 4.79 Å².